The zero-order valence-electron chi connectivity index (χ0n) is 6.22. The van der Waals surface area contributed by atoms with Crippen LogP contribution in [0.1, 0.15) is 0 Å². The van der Waals surface area contributed by atoms with Gasteiger partial charge in [-0.2, -0.15) is 0 Å². The molecule has 5 nitrogen and oxygen atoms in total. The van der Waals surface area contributed by atoms with Gasteiger partial charge in [-0.25, -0.2) is 0 Å². The fourth-order valence-electron chi connectivity index (χ4n) is 0.590. The van der Waals surface area contributed by atoms with Gasteiger partial charge in [-0.3, -0.25) is 4.79 Å². The minimum atomic E-state index is -1.66. The molecule has 0 fully saturated rings. The van der Waals surface area contributed by atoms with Crippen molar-refractivity contribution in [1.82, 2.24) is 0 Å². The summed E-state index contributed by atoms with van der Waals surface area (Å²) in [5.41, 5.74) is 0. The molecule has 0 heterocycles. The second kappa shape index (κ2) is 5.60. The number of carbonyl (C=O) groups excluding carboxylic acids is 1. The number of rotatable bonds is 5. The molecule has 12 heavy (non-hydrogen) atoms. The van der Waals surface area contributed by atoms with Gasteiger partial charge in [0.1, 0.15) is 18.8 Å². The topological polar surface area (TPSA) is 98.0 Å². The van der Waals surface area contributed by atoms with Crippen LogP contribution in [0.2, 0.25) is 0 Å². The summed E-state index contributed by atoms with van der Waals surface area (Å²) in [7, 11) is 0. The van der Waals surface area contributed by atoms with Crippen LogP contribution in [-0.2, 0) is 4.79 Å². The first kappa shape index (κ1) is 12.0. The zero-order valence-corrected chi connectivity index (χ0v) is 7.81. The van der Waals surface area contributed by atoms with Crippen molar-refractivity contribution in [2.75, 3.05) is 13.2 Å². The van der Waals surface area contributed by atoms with Crippen LogP contribution >= 0.6 is 15.9 Å². The van der Waals surface area contributed by atoms with Gasteiger partial charge in [-0.1, -0.05) is 15.9 Å². The Morgan fingerprint density at radius 3 is 2.17 bits per heavy atom. The number of alkyl halides is 1. The highest BCUT2D eigenvalue weighted by Crippen LogP contribution is 2.09. The second-order valence-corrected chi connectivity index (χ2v) is 3.43. The van der Waals surface area contributed by atoms with E-state index in [0.29, 0.717) is 0 Å². The Morgan fingerprint density at radius 1 is 1.33 bits per heavy atom. The van der Waals surface area contributed by atoms with Crippen molar-refractivity contribution in [3.05, 3.63) is 0 Å². The molecule has 0 amide bonds. The van der Waals surface area contributed by atoms with E-state index in [-0.39, 0.29) is 0 Å². The van der Waals surface area contributed by atoms with Crippen molar-refractivity contribution in [2.24, 2.45) is 0 Å². The number of aliphatic hydroxyl groups is 4. The van der Waals surface area contributed by atoms with Crippen LogP contribution < -0.4 is 0 Å². The summed E-state index contributed by atoms with van der Waals surface area (Å²) < 4.78 is 0. The summed E-state index contributed by atoms with van der Waals surface area (Å²) in [5, 5.41) is 34.9. The van der Waals surface area contributed by atoms with E-state index in [9.17, 15) is 4.79 Å². The number of aliphatic hydroxyl groups excluding tert-OH is 4. The maximum Gasteiger partial charge on any atom is 0.189 e. The lowest BCUT2D eigenvalue weighted by molar-refractivity contribution is -0.135. The zero-order chi connectivity index (χ0) is 9.72. The maximum absolute atomic E-state index is 10.6. The standard InChI is InChI=1S/C6H11BrO5/c7-3(1-8)5(11)6(12)4(10)2-9/h3,5-6,8-9,11-12H,1-2H2/t3-,5+,6+/m1/s1. The summed E-state index contributed by atoms with van der Waals surface area (Å²) in [6, 6.07) is 0. The molecule has 0 rings (SSSR count). The molecule has 0 aliphatic carbocycles. The SMILES string of the molecule is O=C(CO)[C@H](O)[C@@H](O)[C@H](Br)CO. The predicted molar refractivity (Wildman–Crippen MR) is 43.9 cm³/mol. The van der Waals surface area contributed by atoms with Gasteiger partial charge in [0, 0.05) is 0 Å². The number of hydrogen-bond donors (Lipinski definition) is 4. The van der Waals surface area contributed by atoms with Gasteiger partial charge < -0.3 is 20.4 Å². The van der Waals surface area contributed by atoms with Gasteiger partial charge in [0.25, 0.3) is 0 Å². The number of halogens is 1. The highest BCUT2D eigenvalue weighted by atomic mass is 79.9. The fraction of sp³-hybridized carbons (Fsp3) is 0.833. The average Bonchev–Trinajstić information content (AvgIpc) is 2.12. The Hall–Kier alpha value is -0.01000. The lowest BCUT2D eigenvalue weighted by Crippen LogP contribution is -2.42. The third-order valence-corrected chi connectivity index (χ3v) is 2.19. The summed E-state index contributed by atoms with van der Waals surface area (Å²) in [6.07, 6.45) is -3.07. The van der Waals surface area contributed by atoms with Gasteiger partial charge in [-0.15, -0.1) is 0 Å². The van der Waals surface area contributed by atoms with E-state index in [1.54, 1.807) is 0 Å². The van der Waals surface area contributed by atoms with E-state index in [1.165, 1.54) is 0 Å². The first-order chi connectivity index (χ1) is 5.54. The largest absolute Gasteiger partial charge is 0.395 e. The number of hydrogen-bond acceptors (Lipinski definition) is 5. The summed E-state index contributed by atoms with van der Waals surface area (Å²) in [6.45, 7) is -1.24. The van der Waals surface area contributed by atoms with Crippen LogP contribution in [0.3, 0.4) is 0 Å². The number of Topliss-reactive ketones (excluding diaryl/α,β-unsaturated/α-hetero) is 1. The normalized spacial score (nSPS) is 18.4. The lowest BCUT2D eigenvalue weighted by atomic mass is 10.1. The van der Waals surface area contributed by atoms with E-state index in [1.807, 2.05) is 0 Å². The summed E-state index contributed by atoms with van der Waals surface area (Å²) >= 11 is 2.85. The van der Waals surface area contributed by atoms with Crippen LogP contribution in [0.5, 0.6) is 0 Å². The van der Waals surface area contributed by atoms with Crippen molar-refractivity contribution in [3.63, 3.8) is 0 Å². The molecule has 72 valence electrons. The van der Waals surface area contributed by atoms with Crippen LogP contribution in [0.25, 0.3) is 0 Å². The second-order valence-electron chi connectivity index (χ2n) is 2.26. The Morgan fingerprint density at radius 2 is 1.83 bits per heavy atom. The van der Waals surface area contributed by atoms with E-state index < -0.39 is 36.0 Å². The van der Waals surface area contributed by atoms with Gasteiger partial charge >= 0.3 is 0 Å². The molecule has 3 atom stereocenters. The molecule has 0 aliphatic heterocycles. The van der Waals surface area contributed by atoms with Crippen molar-refractivity contribution in [3.8, 4) is 0 Å². The van der Waals surface area contributed by atoms with E-state index in [2.05, 4.69) is 15.9 Å². The molecule has 0 aromatic heterocycles. The van der Waals surface area contributed by atoms with Gasteiger partial charge in [0.15, 0.2) is 5.78 Å². The van der Waals surface area contributed by atoms with E-state index >= 15 is 0 Å². The van der Waals surface area contributed by atoms with Crippen LogP contribution in [-0.4, -0.2) is 56.5 Å². The van der Waals surface area contributed by atoms with Crippen LogP contribution in [0.15, 0.2) is 0 Å². The molecule has 0 saturated carbocycles. The molecule has 0 unspecified atom stereocenters. The highest BCUT2D eigenvalue weighted by Gasteiger charge is 2.28. The quantitative estimate of drug-likeness (QED) is 0.420. The molecular formula is C6H11BrO5. The maximum atomic E-state index is 10.6. The minimum Gasteiger partial charge on any atom is -0.395 e. The molecule has 0 aliphatic rings. The van der Waals surface area contributed by atoms with Crippen LogP contribution in [0.4, 0.5) is 0 Å². The Bertz CT molecular complexity index is 151. The Balaban J connectivity index is 4.08. The smallest absolute Gasteiger partial charge is 0.189 e. The third kappa shape index (κ3) is 3.16. The van der Waals surface area contributed by atoms with E-state index in [0.717, 1.165) is 0 Å². The molecular weight excluding hydrogens is 232 g/mol. The third-order valence-electron chi connectivity index (χ3n) is 1.35. The first-order valence-electron chi connectivity index (χ1n) is 3.29. The first-order valence-corrected chi connectivity index (χ1v) is 4.20. The lowest BCUT2D eigenvalue weighted by Gasteiger charge is -2.19. The molecule has 0 bridgehead atoms. The fourth-order valence-corrected chi connectivity index (χ4v) is 0.879. The molecule has 0 radical (unpaired) electrons. The molecule has 0 saturated heterocycles. The monoisotopic (exact) mass is 242 g/mol. The molecule has 6 heteroatoms. The van der Waals surface area contributed by atoms with Crippen molar-refractivity contribution >= 4 is 21.7 Å². The molecule has 4 N–H and O–H groups in total. The van der Waals surface area contributed by atoms with Gasteiger partial charge in [0.05, 0.1) is 11.4 Å². The summed E-state index contributed by atoms with van der Waals surface area (Å²) in [5.74, 6) is -0.875. The van der Waals surface area contributed by atoms with Crippen molar-refractivity contribution in [2.45, 2.75) is 17.0 Å². The highest BCUT2D eigenvalue weighted by molar-refractivity contribution is 9.09. The number of carbonyl (C=O) groups is 1. The predicted octanol–water partition coefficient (Wildman–Crippen LogP) is -1.97. The van der Waals surface area contributed by atoms with E-state index in [4.69, 9.17) is 20.4 Å². The van der Waals surface area contributed by atoms with Crippen molar-refractivity contribution < 1.29 is 25.2 Å². The Kier molecular flexibility index (Phi) is 5.60. The molecule has 0 aromatic rings. The molecule has 0 spiro atoms. The molecule has 0 aromatic carbocycles. The van der Waals surface area contributed by atoms with Gasteiger partial charge in [0.2, 0.25) is 0 Å². The van der Waals surface area contributed by atoms with Crippen LogP contribution in [0, 0.1) is 0 Å². The average molecular weight is 243 g/mol. The van der Waals surface area contributed by atoms with Crippen molar-refractivity contribution in [1.29, 1.82) is 0 Å². The minimum absolute atomic E-state index is 0.406. The number of ketones is 1. The Labute approximate surface area is 77.8 Å². The summed E-state index contributed by atoms with van der Waals surface area (Å²) in [4.78, 5) is 9.84. The van der Waals surface area contributed by atoms with Gasteiger partial charge in [-0.05, 0) is 0 Å².